The van der Waals surface area contributed by atoms with Gasteiger partial charge in [-0.25, -0.2) is 4.79 Å². The summed E-state index contributed by atoms with van der Waals surface area (Å²) >= 11 is 0. The van der Waals surface area contributed by atoms with Crippen LogP contribution >= 0.6 is 0 Å². The molecule has 3 nitrogen and oxygen atoms in total. The van der Waals surface area contributed by atoms with Crippen molar-refractivity contribution in [3.63, 3.8) is 0 Å². The van der Waals surface area contributed by atoms with Crippen LogP contribution in [0.15, 0.2) is 36.4 Å². The quantitative estimate of drug-likeness (QED) is 0.608. The van der Waals surface area contributed by atoms with Crippen molar-refractivity contribution < 1.29 is 14.3 Å². The van der Waals surface area contributed by atoms with Crippen LogP contribution < -0.4 is 0 Å². The Labute approximate surface area is 120 Å². The topological polar surface area (TPSA) is 35.5 Å². The molecule has 1 aromatic rings. The van der Waals surface area contributed by atoms with Crippen molar-refractivity contribution in [2.24, 2.45) is 11.8 Å². The van der Waals surface area contributed by atoms with Crippen LogP contribution in [0, 0.1) is 11.8 Å². The fourth-order valence-electron chi connectivity index (χ4n) is 2.51. The number of rotatable bonds is 5. The molecule has 0 saturated heterocycles. The molecule has 0 aromatic heterocycles. The van der Waals surface area contributed by atoms with Crippen LogP contribution in [0.2, 0.25) is 0 Å². The molecule has 2 rings (SSSR count). The van der Waals surface area contributed by atoms with Crippen LogP contribution in [0.3, 0.4) is 0 Å². The minimum absolute atomic E-state index is 0.307. The monoisotopic (exact) mass is 274 g/mol. The molecule has 0 aliphatic heterocycles. The fraction of sp³-hybridized carbons (Fsp3) is 0.471. The minimum atomic E-state index is -0.307. The second kappa shape index (κ2) is 7.25. The molecule has 0 amide bonds. The molecule has 0 radical (unpaired) electrons. The van der Waals surface area contributed by atoms with Crippen molar-refractivity contribution >= 4 is 5.97 Å². The van der Waals surface area contributed by atoms with Crippen LogP contribution in [0.25, 0.3) is 0 Å². The zero-order chi connectivity index (χ0) is 14.4. The van der Waals surface area contributed by atoms with Crippen molar-refractivity contribution in [1.29, 1.82) is 0 Å². The summed E-state index contributed by atoms with van der Waals surface area (Å²) in [6, 6.07) is 7.44. The lowest BCUT2D eigenvalue weighted by atomic mass is 9.85. The Hall–Kier alpha value is -1.61. The molecule has 20 heavy (non-hydrogen) atoms. The Morgan fingerprint density at radius 2 is 2.00 bits per heavy atom. The smallest absolute Gasteiger partial charge is 0.338 e. The first-order valence-corrected chi connectivity index (χ1v) is 7.11. The van der Waals surface area contributed by atoms with Crippen LogP contribution in [0.1, 0.15) is 35.7 Å². The van der Waals surface area contributed by atoms with Gasteiger partial charge in [-0.3, -0.25) is 0 Å². The SMILES string of the molecule is COC(=O)c1ccccc1COCC1CC=CCC1C. The van der Waals surface area contributed by atoms with Gasteiger partial charge >= 0.3 is 5.97 Å². The summed E-state index contributed by atoms with van der Waals surface area (Å²) in [5.74, 6) is 0.930. The number of carbonyl (C=O) groups is 1. The lowest BCUT2D eigenvalue weighted by Gasteiger charge is -2.25. The third-order valence-corrected chi connectivity index (χ3v) is 3.93. The number of allylic oxidation sites excluding steroid dienone is 2. The number of ether oxygens (including phenoxy) is 2. The number of hydrogen-bond acceptors (Lipinski definition) is 3. The second-order valence-corrected chi connectivity index (χ2v) is 5.34. The van der Waals surface area contributed by atoms with Gasteiger partial charge in [0.05, 0.1) is 25.9 Å². The molecule has 2 atom stereocenters. The molecule has 0 saturated carbocycles. The molecule has 1 aliphatic rings. The zero-order valence-corrected chi connectivity index (χ0v) is 12.2. The first kappa shape index (κ1) is 14.8. The number of methoxy groups -OCH3 is 1. The van der Waals surface area contributed by atoms with E-state index in [1.807, 2.05) is 18.2 Å². The first-order valence-electron chi connectivity index (χ1n) is 7.11. The lowest BCUT2D eigenvalue weighted by molar-refractivity contribution is 0.0566. The maximum absolute atomic E-state index is 11.7. The molecule has 108 valence electrons. The molecule has 0 fully saturated rings. The van der Waals surface area contributed by atoms with E-state index < -0.39 is 0 Å². The summed E-state index contributed by atoms with van der Waals surface area (Å²) in [6.07, 6.45) is 6.69. The predicted molar refractivity (Wildman–Crippen MR) is 78.5 cm³/mol. The van der Waals surface area contributed by atoms with E-state index in [4.69, 9.17) is 9.47 Å². The number of benzene rings is 1. The van der Waals surface area contributed by atoms with E-state index in [1.165, 1.54) is 7.11 Å². The summed E-state index contributed by atoms with van der Waals surface area (Å²) in [5, 5.41) is 0. The number of carbonyl (C=O) groups excluding carboxylic acids is 1. The van der Waals surface area contributed by atoms with Gasteiger partial charge in [0.2, 0.25) is 0 Å². The minimum Gasteiger partial charge on any atom is -0.465 e. The standard InChI is InChI=1S/C17H22O3/c1-13-7-3-4-8-14(13)11-20-12-15-9-5-6-10-16(15)17(18)19-2/h3-6,9-10,13-14H,7-8,11-12H2,1-2H3. The molecule has 0 heterocycles. The van der Waals surface area contributed by atoms with Crippen molar-refractivity contribution in [3.05, 3.63) is 47.5 Å². The highest BCUT2D eigenvalue weighted by Gasteiger charge is 2.18. The summed E-state index contributed by atoms with van der Waals surface area (Å²) < 4.78 is 10.6. The van der Waals surface area contributed by atoms with Gasteiger partial charge in [0.25, 0.3) is 0 Å². The summed E-state index contributed by atoms with van der Waals surface area (Å²) in [5.41, 5.74) is 1.48. The second-order valence-electron chi connectivity index (χ2n) is 5.34. The highest BCUT2D eigenvalue weighted by Crippen LogP contribution is 2.25. The van der Waals surface area contributed by atoms with Gasteiger partial charge in [0.15, 0.2) is 0 Å². The average Bonchev–Trinajstić information content (AvgIpc) is 2.49. The van der Waals surface area contributed by atoms with Gasteiger partial charge in [-0.2, -0.15) is 0 Å². The van der Waals surface area contributed by atoms with Crippen LogP contribution in [-0.2, 0) is 16.1 Å². The van der Waals surface area contributed by atoms with Gasteiger partial charge in [-0.1, -0.05) is 37.3 Å². The lowest BCUT2D eigenvalue weighted by Crippen LogP contribution is -2.19. The third-order valence-electron chi connectivity index (χ3n) is 3.93. The Kier molecular flexibility index (Phi) is 5.36. The maximum atomic E-state index is 11.7. The number of hydrogen-bond donors (Lipinski definition) is 0. The molecule has 0 bridgehead atoms. The summed E-state index contributed by atoms with van der Waals surface area (Å²) in [4.78, 5) is 11.7. The van der Waals surface area contributed by atoms with E-state index in [0.717, 1.165) is 25.0 Å². The highest BCUT2D eigenvalue weighted by molar-refractivity contribution is 5.90. The largest absolute Gasteiger partial charge is 0.465 e. The van der Waals surface area contributed by atoms with Crippen LogP contribution in [0.5, 0.6) is 0 Å². The van der Waals surface area contributed by atoms with Crippen LogP contribution in [-0.4, -0.2) is 19.7 Å². The normalized spacial score (nSPS) is 21.7. The van der Waals surface area contributed by atoms with Crippen molar-refractivity contribution in [3.8, 4) is 0 Å². The van der Waals surface area contributed by atoms with Gasteiger partial charge in [0.1, 0.15) is 0 Å². The molecular formula is C17H22O3. The van der Waals surface area contributed by atoms with Crippen molar-refractivity contribution in [2.45, 2.75) is 26.4 Å². The van der Waals surface area contributed by atoms with Gasteiger partial charge in [-0.05, 0) is 36.3 Å². The molecule has 3 heteroatoms. The predicted octanol–water partition coefficient (Wildman–Crippen LogP) is 3.59. The average molecular weight is 274 g/mol. The Bertz CT molecular complexity index is 479. The van der Waals surface area contributed by atoms with E-state index in [1.54, 1.807) is 6.07 Å². The summed E-state index contributed by atoms with van der Waals surface area (Å²) in [7, 11) is 1.40. The van der Waals surface area contributed by atoms with E-state index in [9.17, 15) is 4.79 Å². The Morgan fingerprint density at radius 1 is 1.25 bits per heavy atom. The van der Waals surface area contributed by atoms with Crippen molar-refractivity contribution in [1.82, 2.24) is 0 Å². The third kappa shape index (κ3) is 3.70. The molecule has 1 aliphatic carbocycles. The molecule has 0 N–H and O–H groups in total. The first-order chi connectivity index (χ1) is 9.72. The van der Waals surface area contributed by atoms with Gasteiger partial charge in [0, 0.05) is 0 Å². The van der Waals surface area contributed by atoms with E-state index >= 15 is 0 Å². The van der Waals surface area contributed by atoms with E-state index in [0.29, 0.717) is 24.0 Å². The van der Waals surface area contributed by atoms with Gasteiger partial charge < -0.3 is 9.47 Å². The van der Waals surface area contributed by atoms with E-state index in [2.05, 4.69) is 19.1 Å². The summed E-state index contributed by atoms with van der Waals surface area (Å²) in [6.45, 7) is 3.46. The highest BCUT2D eigenvalue weighted by atomic mass is 16.5. The van der Waals surface area contributed by atoms with Gasteiger partial charge in [-0.15, -0.1) is 0 Å². The molecule has 0 spiro atoms. The molecule has 2 unspecified atom stereocenters. The fourth-order valence-corrected chi connectivity index (χ4v) is 2.51. The van der Waals surface area contributed by atoms with Crippen molar-refractivity contribution in [2.75, 3.05) is 13.7 Å². The van der Waals surface area contributed by atoms with Crippen LogP contribution in [0.4, 0.5) is 0 Å². The van der Waals surface area contributed by atoms with E-state index in [-0.39, 0.29) is 5.97 Å². The maximum Gasteiger partial charge on any atom is 0.338 e. The Balaban J connectivity index is 1.91. The molecular weight excluding hydrogens is 252 g/mol. The Morgan fingerprint density at radius 3 is 2.75 bits per heavy atom. The molecule has 1 aromatic carbocycles. The zero-order valence-electron chi connectivity index (χ0n) is 12.2. The number of esters is 1.